The van der Waals surface area contributed by atoms with Crippen LogP contribution >= 0.6 is 0 Å². The van der Waals surface area contributed by atoms with E-state index in [0.717, 1.165) is 22.9 Å². The topological polar surface area (TPSA) is 30.0 Å². The molecule has 3 aromatic carbocycles. The molecule has 2 nitrogen and oxygen atoms in total. The molecule has 0 aliphatic carbocycles. The molecule has 0 amide bonds. The predicted molar refractivity (Wildman–Crippen MR) is 90.1 cm³/mol. The first-order chi connectivity index (χ1) is 10.9. The summed E-state index contributed by atoms with van der Waals surface area (Å²) in [5, 5.41) is 4.76. The molecule has 0 aliphatic heterocycles. The zero-order chi connectivity index (χ0) is 14.9. The van der Waals surface area contributed by atoms with Crippen LogP contribution in [0.3, 0.4) is 0 Å². The highest BCUT2D eigenvalue weighted by Gasteiger charge is 2.09. The van der Waals surface area contributed by atoms with Crippen LogP contribution in [-0.2, 0) is 0 Å². The summed E-state index contributed by atoms with van der Waals surface area (Å²) >= 11 is 0. The molecule has 104 valence electrons. The van der Waals surface area contributed by atoms with Crippen LogP contribution in [0.1, 0.15) is 10.5 Å². The van der Waals surface area contributed by atoms with Crippen molar-refractivity contribution in [3.8, 4) is 11.3 Å². The van der Waals surface area contributed by atoms with Gasteiger partial charge in [-0.25, -0.2) is 4.98 Å². The maximum atomic E-state index is 11.0. The van der Waals surface area contributed by atoms with E-state index in [9.17, 15) is 4.79 Å². The highest BCUT2D eigenvalue weighted by molar-refractivity contribution is 6.13. The second kappa shape index (κ2) is 5.08. The zero-order valence-electron chi connectivity index (χ0n) is 11.9. The van der Waals surface area contributed by atoms with Crippen molar-refractivity contribution < 1.29 is 4.79 Å². The van der Waals surface area contributed by atoms with E-state index >= 15 is 0 Å². The van der Waals surface area contributed by atoms with Gasteiger partial charge in [-0.1, -0.05) is 54.6 Å². The molecule has 1 heterocycles. The molecule has 0 N–H and O–H groups in total. The third-order valence-corrected chi connectivity index (χ3v) is 3.94. The molecule has 0 spiro atoms. The van der Waals surface area contributed by atoms with Crippen LogP contribution in [-0.4, -0.2) is 11.3 Å². The molecule has 4 aromatic rings. The van der Waals surface area contributed by atoms with Crippen molar-refractivity contribution in [1.82, 2.24) is 4.98 Å². The average Bonchev–Trinajstić information content (AvgIpc) is 2.61. The molecule has 0 saturated carbocycles. The summed E-state index contributed by atoms with van der Waals surface area (Å²) in [6.45, 7) is 0. The van der Waals surface area contributed by atoms with Crippen molar-refractivity contribution >= 4 is 27.8 Å². The van der Waals surface area contributed by atoms with Gasteiger partial charge in [0.15, 0.2) is 6.29 Å². The normalized spacial score (nSPS) is 10.9. The Kier molecular flexibility index (Phi) is 2.94. The quantitative estimate of drug-likeness (QED) is 0.388. The number of rotatable bonds is 2. The lowest BCUT2D eigenvalue weighted by atomic mass is 9.95. The number of carbonyl (C=O) groups is 1. The Morgan fingerprint density at radius 1 is 0.727 bits per heavy atom. The number of fused-ring (bicyclic) bond motifs is 3. The van der Waals surface area contributed by atoms with Gasteiger partial charge in [-0.15, -0.1) is 0 Å². The minimum atomic E-state index is 0.453. The van der Waals surface area contributed by atoms with E-state index in [4.69, 9.17) is 0 Å². The SMILES string of the molecule is O=Cc1cccc(-c2cc3ccccc3c3ccccc23)n1. The number of benzene rings is 3. The highest BCUT2D eigenvalue weighted by Crippen LogP contribution is 2.33. The molecule has 1 aromatic heterocycles. The van der Waals surface area contributed by atoms with Crippen molar-refractivity contribution in [2.75, 3.05) is 0 Å². The van der Waals surface area contributed by atoms with E-state index in [1.165, 1.54) is 16.2 Å². The Morgan fingerprint density at radius 2 is 1.45 bits per heavy atom. The second-order valence-corrected chi connectivity index (χ2v) is 5.26. The van der Waals surface area contributed by atoms with Crippen molar-refractivity contribution in [3.63, 3.8) is 0 Å². The number of hydrogen-bond donors (Lipinski definition) is 0. The Labute approximate surface area is 128 Å². The van der Waals surface area contributed by atoms with E-state index in [-0.39, 0.29) is 0 Å². The van der Waals surface area contributed by atoms with Crippen molar-refractivity contribution in [3.05, 3.63) is 78.5 Å². The molecule has 2 heteroatoms. The molecule has 4 rings (SSSR count). The summed E-state index contributed by atoms with van der Waals surface area (Å²) in [6, 6.07) is 24.3. The van der Waals surface area contributed by atoms with E-state index in [1.54, 1.807) is 6.07 Å². The summed E-state index contributed by atoms with van der Waals surface area (Å²) in [5.74, 6) is 0. The molecule has 0 saturated heterocycles. The van der Waals surface area contributed by atoms with Gasteiger partial charge in [0, 0.05) is 5.56 Å². The zero-order valence-corrected chi connectivity index (χ0v) is 11.9. The number of carbonyl (C=O) groups excluding carboxylic acids is 1. The van der Waals surface area contributed by atoms with Gasteiger partial charge in [-0.05, 0) is 39.7 Å². The van der Waals surface area contributed by atoms with Crippen molar-refractivity contribution in [2.24, 2.45) is 0 Å². The van der Waals surface area contributed by atoms with Gasteiger partial charge < -0.3 is 0 Å². The third kappa shape index (κ3) is 1.97. The van der Waals surface area contributed by atoms with Crippen molar-refractivity contribution in [1.29, 1.82) is 0 Å². The number of pyridine rings is 1. The summed E-state index contributed by atoms with van der Waals surface area (Å²) in [7, 11) is 0. The van der Waals surface area contributed by atoms with Gasteiger partial charge in [0.25, 0.3) is 0 Å². The number of hydrogen-bond acceptors (Lipinski definition) is 2. The Balaban J connectivity index is 2.13. The third-order valence-electron chi connectivity index (χ3n) is 3.94. The maximum absolute atomic E-state index is 11.0. The first kappa shape index (κ1) is 12.7. The monoisotopic (exact) mass is 283 g/mol. The van der Waals surface area contributed by atoms with Gasteiger partial charge in [-0.3, -0.25) is 4.79 Å². The molecule has 0 unspecified atom stereocenters. The van der Waals surface area contributed by atoms with Gasteiger partial charge in [0.2, 0.25) is 0 Å². The molecule has 0 bridgehead atoms. The molecule has 0 radical (unpaired) electrons. The van der Waals surface area contributed by atoms with E-state index < -0.39 is 0 Å². The van der Waals surface area contributed by atoms with Crippen LogP contribution in [0.5, 0.6) is 0 Å². The number of nitrogens with zero attached hydrogens (tertiary/aromatic N) is 1. The summed E-state index contributed by atoms with van der Waals surface area (Å²) < 4.78 is 0. The molecular formula is C20H13NO. The first-order valence-corrected chi connectivity index (χ1v) is 7.20. The van der Waals surface area contributed by atoms with Gasteiger partial charge in [0.1, 0.15) is 5.69 Å². The molecule has 0 fully saturated rings. The minimum absolute atomic E-state index is 0.453. The molecular weight excluding hydrogens is 270 g/mol. The standard InChI is InChI=1S/C20H13NO/c22-13-15-7-5-11-20(21-15)19-12-14-6-1-2-8-16(14)17-9-3-4-10-18(17)19/h1-13H. The Morgan fingerprint density at radius 3 is 2.27 bits per heavy atom. The van der Waals surface area contributed by atoms with Gasteiger partial charge >= 0.3 is 0 Å². The van der Waals surface area contributed by atoms with Gasteiger partial charge in [0.05, 0.1) is 5.69 Å². The van der Waals surface area contributed by atoms with Crippen LogP contribution in [0, 0.1) is 0 Å². The highest BCUT2D eigenvalue weighted by atomic mass is 16.1. The van der Waals surface area contributed by atoms with E-state index in [2.05, 4.69) is 41.4 Å². The lowest BCUT2D eigenvalue weighted by Crippen LogP contribution is -1.91. The van der Waals surface area contributed by atoms with E-state index in [0.29, 0.717) is 5.69 Å². The largest absolute Gasteiger partial charge is 0.296 e. The maximum Gasteiger partial charge on any atom is 0.168 e. The Hall–Kier alpha value is -3.00. The minimum Gasteiger partial charge on any atom is -0.296 e. The molecule has 22 heavy (non-hydrogen) atoms. The average molecular weight is 283 g/mol. The van der Waals surface area contributed by atoms with Crippen LogP contribution in [0.25, 0.3) is 32.8 Å². The lowest BCUT2D eigenvalue weighted by molar-refractivity contribution is 0.111. The second-order valence-electron chi connectivity index (χ2n) is 5.26. The fourth-order valence-electron chi connectivity index (χ4n) is 2.93. The van der Waals surface area contributed by atoms with Crippen LogP contribution < -0.4 is 0 Å². The van der Waals surface area contributed by atoms with Crippen molar-refractivity contribution in [2.45, 2.75) is 0 Å². The van der Waals surface area contributed by atoms with Crippen LogP contribution in [0.2, 0.25) is 0 Å². The van der Waals surface area contributed by atoms with Gasteiger partial charge in [-0.2, -0.15) is 0 Å². The summed E-state index contributed by atoms with van der Waals surface area (Å²) in [5.41, 5.74) is 2.33. The number of aldehydes is 1. The molecule has 0 aliphatic rings. The summed E-state index contributed by atoms with van der Waals surface area (Å²) in [4.78, 5) is 15.5. The van der Waals surface area contributed by atoms with Crippen LogP contribution in [0.4, 0.5) is 0 Å². The smallest absolute Gasteiger partial charge is 0.168 e. The predicted octanol–water partition coefficient (Wildman–Crippen LogP) is 4.87. The first-order valence-electron chi connectivity index (χ1n) is 7.20. The summed E-state index contributed by atoms with van der Waals surface area (Å²) in [6.07, 6.45) is 0.784. The van der Waals surface area contributed by atoms with E-state index in [1.807, 2.05) is 30.3 Å². The number of aromatic nitrogens is 1. The fourth-order valence-corrected chi connectivity index (χ4v) is 2.93. The lowest BCUT2D eigenvalue weighted by Gasteiger charge is -2.10. The van der Waals surface area contributed by atoms with Crippen LogP contribution in [0.15, 0.2) is 72.8 Å². The molecule has 0 atom stereocenters. The Bertz CT molecular complexity index is 1000. The fraction of sp³-hybridized carbons (Fsp3) is 0.